The summed E-state index contributed by atoms with van der Waals surface area (Å²) in [7, 11) is -1.22. The van der Waals surface area contributed by atoms with Crippen molar-refractivity contribution < 1.29 is 8.63 Å². The number of aryl methyl sites for hydroxylation is 1. The molecule has 0 aliphatic rings. The highest BCUT2D eigenvalue weighted by molar-refractivity contribution is 7.84. The highest BCUT2D eigenvalue weighted by Crippen LogP contribution is 2.29. The number of aromatic nitrogens is 2. The van der Waals surface area contributed by atoms with Gasteiger partial charge in [0.1, 0.15) is 0 Å². The first kappa shape index (κ1) is 17.4. The summed E-state index contributed by atoms with van der Waals surface area (Å²) in [5, 5.41) is 8.31. The van der Waals surface area contributed by atoms with E-state index in [1.165, 1.54) is 5.56 Å². The monoisotopic (exact) mass is 374 g/mol. The van der Waals surface area contributed by atoms with Crippen LogP contribution >= 0.6 is 0 Å². The molecule has 0 fully saturated rings. The minimum Gasteiger partial charge on any atom is -0.416 e. The van der Waals surface area contributed by atoms with E-state index >= 15 is 0 Å². The molecule has 27 heavy (non-hydrogen) atoms. The zero-order valence-corrected chi connectivity index (χ0v) is 15.6. The summed E-state index contributed by atoms with van der Waals surface area (Å²) in [5.41, 5.74) is 3.78. The Morgan fingerprint density at radius 2 is 1.48 bits per heavy atom. The highest BCUT2D eigenvalue weighted by Gasteiger charge is 2.17. The average molecular weight is 374 g/mol. The fourth-order valence-electron chi connectivity index (χ4n) is 2.78. The van der Waals surface area contributed by atoms with Crippen LogP contribution < -0.4 is 0 Å². The van der Waals surface area contributed by atoms with Crippen LogP contribution in [-0.2, 0) is 16.6 Å². The van der Waals surface area contributed by atoms with Gasteiger partial charge in [0.25, 0.3) is 0 Å². The van der Waals surface area contributed by atoms with Crippen LogP contribution in [-0.4, -0.2) is 14.4 Å². The molecule has 134 valence electrons. The summed E-state index contributed by atoms with van der Waals surface area (Å²) in [6, 6.07) is 25.2. The second-order valence-electron chi connectivity index (χ2n) is 6.25. The summed E-state index contributed by atoms with van der Waals surface area (Å²) in [4.78, 5) is 0.696. The SMILES string of the molecule is Cc1ccc(C[S@@](=O)c2ccccc2-c2nnc(-c3ccccc3)o2)cc1. The van der Waals surface area contributed by atoms with Crippen LogP contribution in [0.25, 0.3) is 22.9 Å². The molecule has 1 aromatic heterocycles. The molecule has 0 radical (unpaired) electrons. The molecule has 0 aliphatic heterocycles. The van der Waals surface area contributed by atoms with E-state index in [-0.39, 0.29) is 0 Å². The van der Waals surface area contributed by atoms with Crippen LogP contribution in [0.5, 0.6) is 0 Å². The molecule has 0 aliphatic carbocycles. The van der Waals surface area contributed by atoms with E-state index in [1.807, 2.05) is 85.8 Å². The van der Waals surface area contributed by atoms with Gasteiger partial charge in [0, 0.05) is 5.56 Å². The van der Waals surface area contributed by atoms with E-state index in [0.717, 1.165) is 11.1 Å². The van der Waals surface area contributed by atoms with Gasteiger partial charge in [-0.15, -0.1) is 10.2 Å². The first-order valence-electron chi connectivity index (χ1n) is 8.63. The highest BCUT2D eigenvalue weighted by atomic mass is 32.2. The molecule has 0 bridgehead atoms. The van der Waals surface area contributed by atoms with Crippen molar-refractivity contribution in [2.24, 2.45) is 0 Å². The molecule has 0 saturated carbocycles. The van der Waals surface area contributed by atoms with Gasteiger partial charge in [-0.3, -0.25) is 4.21 Å². The zero-order valence-electron chi connectivity index (χ0n) is 14.8. The van der Waals surface area contributed by atoms with Gasteiger partial charge in [-0.25, -0.2) is 0 Å². The number of benzene rings is 3. The quantitative estimate of drug-likeness (QED) is 0.492. The first-order valence-corrected chi connectivity index (χ1v) is 9.95. The standard InChI is InChI=1S/C22H18N2O2S/c1-16-11-13-17(14-12-16)15-27(25)20-10-6-5-9-19(20)22-24-23-21(26-22)18-7-3-2-4-8-18/h2-14H,15H2,1H3/t27-/m1/s1. The normalized spacial score (nSPS) is 12.0. The lowest BCUT2D eigenvalue weighted by atomic mass is 10.2. The third-order valence-electron chi connectivity index (χ3n) is 4.23. The fourth-order valence-corrected chi connectivity index (χ4v) is 4.07. The van der Waals surface area contributed by atoms with E-state index in [4.69, 9.17) is 4.42 Å². The minimum atomic E-state index is -1.22. The van der Waals surface area contributed by atoms with Crippen molar-refractivity contribution in [3.8, 4) is 22.9 Å². The van der Waals surface area contributed by atoms with Crippen molar-refractivity contribution >= 4 is 10.8 Å². The fraction of sp³-hybridized carbons (Fsp3) is 0.0909. The van der Waals surface area contributed by atoms with E-state index in [0.29, 0.717) is 28.0 Å². The van der Waals surface area contributed by atoms with Gasteiger partial charge in [-0.05, 0) is 36.8 Å². The summed E-state index contributed by atoms with van der Waals surface area (Å²) < 4.78 is 18.8. The van der Waals surface area contributed by atoms with Gasteiger partial charge in [0.2, 0.25) is 11.8 Å². The van der Waals surface area contributed by atoms with Crippen molar-refractivity contribution in [3.63, 3.8) is 0 Å². The molecule has 0 spiro atoms. The third kappa shape index (κ3) is 3.88. The summed E-state index contributed by atoms with van der Waals surface area (Å²) in [6.45, 7) is 2.04. The topological polar surface area (TPSA) is 56.0 Å². The third-order valence-corrected chi connectivity index (χ3v) is 5.67. The number of hydrogen-bond donors (Lipinski definition) is 0. The zero-order chi connectivity index (χ0) is 18.6. The molecule has 0 saturated heterocycles. The maximum atomic E-state index is 13.0. The summed E-state index contributed by atoms with van der Waals surface area (Å²) >= 11 is 0. The number of hydrogen-bond acceptors (Lipinski definition) is 4. The van der Waals surface area contributed by atoms with Crippen LogP contribution in [0.15, 0.2) is 88.2 Å². The average Bonchev–Trinajstić information content (AvgIpc) is 3.20. The predicted molar refractivity (Wildman–Crippen MR) is 106 cm³/mol. The molecule has 5 heteroatoms. The molecule has 1 heterocycles. The van der Waals surface area contributed by atoms with Crippen molar-refractivity contribution in [1.29, 1.82) is 0 Å². The van der Waals surface area contributed by atoms with Crippen LogP contribution in [0.3, 0.4) is 0 Å². The molecule has 4 rings (SSSR count). The largest absolute Gasteiger partial charge is 0.416 e. The van der Waals surface area contributed by atoms with Gasteiger partial charge in [-0.2, -0.15) is 0 Å². The van der Waals surface area contributed by atoms with E-state index in [9.17, 15) is 4.21 Å². The van der Waals surface area contributed by atoms with E-state index in [2.05, 4.69) is 10.2 Å². The summed E-state index contributed by atoms with van der Waals surface area (Å²) in [5.74, 6) is 1.27. The molecule has 3 aromatic carbocycles. The number of rotatable bonds is 5. The van der Waals surface area contributed by atoms with Gasteiger partial charge in [0.15, 0.2) is 0 Å². The van der Waals surface area contributed by atoms with Crippen molar-refractivity contribution in [2.75, 3.05) is 0 Å². The van der Waals surface area contributed by atoms with Crippen molar-refractivity contribution in [2.45, 2.75) is 17.6 Å². The Labute approximate surface area is 160 Å². The Morgan fingerprint density at radius 1 is 0.815 bits per heavy atom. The predicted octanol–water partition coefficient (Wildman–Crippen LogP) is 5.02. The summed E-state index contributed by atoms with van der Waals surface area (Å²) in [6.07, 6.45) is 0. The van der Waals surface area contributed by atoms with Crippen LogP contribution in [0.2, 0.25) is 0 Å². The van der Waals surface area contributed by atoms with Crippen LogP contribution in [0, 0.1) is 6.92 Å². The van der Waals surface area contributed by atoms with E-state index in [1.54, 1.807) is 0 Å². The Hall–Kier alpha value is -3.05. The van der Waals surface area contributed by atoms with Crippen LogP contribution in [0.1, 0.15) is 11.1 Å². The number of nitrogens with zero attached hydrogens (tertiary/aromatic N) is 2. The van der Waals surface area contributed by atoms with Gasteiger partial charge in [-0.1, -0.05) is 60.2 Å². The van der Waals surface area contributed by atoms with Gasteiger partial charge >= 0.3 is 0 Å². The van der Waals surface area contributed by atoms with E-state index < -0.39 is 10.8 Å². The Balaban J connectivity index is 1.64. The lowest BCUT2D eigenvalue weighted by Crippen LogP contribution is -1.99. The molecular formula is C22H18N2O2S. The van der Waals surface area contributed by atoms with Gasteiger partial charge in [0.05, 0.1) is 27.0 Å². The smallest absolute Gasteiger partial charge is 0.249 e. The van der Waals surface area contributed by atoms with Crippen LogP contribution in [0.4, 0.5) is 0 Å². The molecule has 0 amide bonds. The molecule has 4 nitrogen and oxygen atoms in total. The maximum Gasteiger partial charge on any atom is 0.249 e. The molecule has 4 aromatic rings. The van der Waals surface area contributed by atoms with Crippen molar-refractivity contribution in [3.05, 3.63) is 90.0 Å². The molecule has 1 atom stereocenters. The Morgan fingerprint density at radius 3 is 2.26 bits per heavy atom. The van der Waals surface area contributed by atoms with Gasteiger partial charge < -0.3 is 4.42 Å². The first-order chi connectivity index (χ1) is 13.2. The lowest BCUT2D eigenvalue weighted by Gasteiger charge is -2.07. The molecular weight excluding hydrogens is 356 g/mol. The Kier molecular flexibility index (Phi) is 4.94. The lowest BCUT2D eigenvalue weighted by molar-refractivity contribution is 0.583. The molecule has 0 N–H and O–H groups in total. The second kappa shape index (κ2) is 7.68. The maximum absolute atomic E-state index is 13.0. The molecule has 0 unspecified atom stereocenters. The minimum absolute atomic E-state index is 0.377. The Bertz CT molecular complexity index is 1070. The van der Waals surface area contributed by atoms with Crippen molar-refractivity contribution in [1.82, 2.24) is 10.2 Å². The second-order valence-corrected chi connectivity index (χ2v) is 7.67.